The Labute approximate surface area is 156 Å². The number of halogens is 2. The van der Waals surface area contributed by atoms with Crippen LogP contribution >= 0.6 is 11.6 Å². The van der Waals surface area contributed by atoms with E-state index in [4.69, 9.17) is 11.6 Å². The van der Waals surface area contributed by atoms with Gasteiger partial charge in [-0.1, -0.05) is 29.8 Å². The molecule has 1 aromatic heterocycles. The summed E-state index contributed by atoms with van der Waals surface area (Å²) in [6.07, 6.45) is 2.78. The zero-order chi connectivity index (χ0) is 18.5. The Morgan fingerprint density at radius 2 is 1.88 bits per heavy atom. The first-order valence-electron chi connectivity index (χ1n) is 8.31. The highest BCUT2D eigenvalue weighted by Crippen LogP contribution is 2.23. The van der Waals surface area contributed by atoms with E-state index in [0.717, 1.165) is 22.4 Å². The van der Waals surface area contributed by atoms with Crippen LogP contribution in [0, 0.1) is 5.82 Å². The summed E-state index contributed by atoms with van der Waals surface area (Å²) in [5, 5.41) is 7.96. The maximum Gasteiger partial charge on any atom is 0.220 e. The second-order valence-electron chi connectivity index (χ2n) is 6.05. The number of rotatable bonds is 6. The molecule has 0 aliphatic carbocycles. The van der Waals surface area contributed by atoms with Crippen LogP contribution in [0.4, 0.5) is 4.39 Å². The van der Waals surface area contributed by atoms with Gasteiger partial charge in [0.25, 0.3) is 0 Å². The minimum Gasteiger partial charge on any atom is -0.352 e. The third-order valence-corrected chi connectivity index (χ3v) is 4.45. The van der Waals surface area contributed by atoms with Crippen molar-refractivity contribution in [1.82, 2.24) is 15.1 Å². The first-order chi connectivity index (χ1) is 12.5. The summed E-state index contributed by atoms with van der Waals surface area (Å²) in [5.41, 5.74) is 3.44. The second-order valence-corrected chi connectivity index (χ2v) is 6.46. The Balaban J connectivity index is 1.62. The van der Waals surface area contributed by atoms with Crippen LogP contribution in [0.3, 0.4) is 0 Å². The summed E-state index contributed by atoms with van der Waals surface area (Å²) in [7, 11) is 1.83. The number of carbonyl (C=O) groups excluding carboxylic acids is 1. The number of hydrogen-bond acceptors (Lipinski definition) is 2. The molecule has 0 bridgehead atoms. The van der Waals surface area contributed by atoms with E-state index in [9.17, 15) is 9.18 Å². The van der Waals surface area contributed by atoms with Crippen molar-refractivity contribution in [2.75, 3.05) is 0 Å². The molecule has 0 spiro atoms. The SMILES string of the molecule is Cn1cc(CCC(=O)NCc2ccccc2Cl)c(-c2ccc(F)cc2)n1. The third-order valence-electron chi connectivity index (χ3n) is 4.08. The average Bonchev–Trinajstić information content (AvgIpc) is 3.00. The van der Waals surface area contributed by atoms with E-state index >= 15 is 0 Å². The van der Waals surface area contributed by atoms with E-state index in [2.05, 4.69) is 10.4 Å². The Bertz CT molecular complexity index is 906. The van der Waals surface area contributed by atoms with Gasteiger partial charge in [0.15, 0.2) is 0 Å². The first-order valence-corrected chi connectivity index (χ1v) is 8.69. The van der Waals surface area contributed by atoms with E-state index in [0.29, 0.717) is 24.4 Å². The molecule has 0 radical (unpaired) electrons. The van der Waals surface area contributed by atoms with Gasteiger partial charge in [-0.2, -0.15) is 5.10 Å². The fourth-order valence-corrected chi connectivity index (χ4v) is 2.95. The lowest BCUT2D eigenvalue weighted by molar-refractivity contribution is -0.121. The van der Waals surface area contributed by atoms with Crippen molar-refractivity contribution in [2.45, 2.75) is 19.4 Å². The molecule has 6 heteroatoms. The molecule has 1 heterocycles. The smallest absolute Gasteiger partial charge is 0.220 e. The summed E-state index contributed by atoms with van der Waals surface area (Å²) in [6, 6.07) is 13.6. The van der Waals surface area contributed by atoms with Crippen molar-refractivity contribution in [3.05, 3.63) is 76.7 Å². The van der Waals surface area contributed by atoms with Gasteiger partial charge in [-0.3, -0.25) is 9.48 Å². The molecule has 4 nitrogen and oxygen atoms in total. The number of hydrogen-bond donors (Lipinski definition) is 1. The zero-order valence-electron chi connectivity index (χ0n) is 14.4. The standard InChI is InChI=1S/C20H19ClFN3O/c1-25-13-16(20(24-25)14-6-9-17(22)10-7-14)8-11-19(26)23-12-15-4-2-3-5-18(15)21/h2-7,9-10,13H,8,11-12H2,1H3,(H,23,26). The molecule has 1 amide bonds. The quantitative estimate of drug-likeness (QED) is 0.708. The van der Waals surface area contributed by atoms with Gasteiger partial charge in [0.05, 0.1) is 5.69 Å². The second kappa shape index (κ2) is 8.15. The lowest BCUT2D eigenvalue weighted by Crippen LogP contribution is -2.23. The minimum atomic E-state index is -0.287. The Morgan fingerprint density at radius 3 is 2.62 bits per heavy atom. The van der Waals surface area contributed by atoms with Crippen molar-refractivity contribution >= 4 is 17.5 Å². The molecule has 3 rings (SSSR count). The van der Waals surface area contributed by atoms with Crippen molar-refractivity contribution in [2.24, 2.45) is 7.05 Å². The number of aromatic nitrogens is 2. The predicted molar refractivity (Wildman–Crippen MR) is 100 cm³/mol. The Kier molecular flexibility index (Phi) is 5.68. The van der Waals surface area contributed by atoms with Crippen molar-refractivity contribution in [3.63, 3.8) is 0 Å². The Hall–Kier alpha value is -2.66. The van der Waals surface area contributed by atoms with Crippen LogP contribution in [-0.4, -0.2) is 15.7 Å². The highest BCUT2D eigenvalue weighted by molar-refractivity contribution is 6.31. The molecule has 0 unspecified atom stereocenters. The normalized spacial score (nSPS) is 10.7. The topological polar surface area (TPSA) is 46.9 Å². The molecule has 0 atom stereocenters. The van der Waals surface area contributed by atoms with Gasteiger partial charge in [-0.25, -0.2) is 4.39 Å². The van der Waals surface area contributed by atoms with Crippen molar-refractivity contribution in [1.29, 1.82) is 0 Å². The van der Waals surface area contributed by atoms with Gasteiger partial charge in [-0.15, -0.1) is 0 Å². The Morgan fingerprint density at radius 1 is 1.15 bits per heavy atom. The molecular formula is C20H19ClFN3O. The van der Waals surface area contributed by atoms with E-state index in [-0.39, 0.29) is 11.7 Å². The summed E-state index contributed by atoms with van der Waals surface area (Å²) in [4.78, 5) is 12.2. The molecule has 134 valence electrons. The van der Waals surface area contributed by atoms with Crippen LogP contribution in [0.1, 0.15) is 17.5 Å². The van der Waals surface area contributed by atoms with Crippen LogP contribution in [0.5, 0.6) is 0 Å². The van der Waals surface area contributed by atoms with E-state index < -0.39 is 0 Å². The number of amides is 1. The summed E-state index contributed by atoms with van der Waals surface area (Å²) in [6.45, 7) is 0.399. The fraction of sp³-hybridized carbons (Fsp3) is 0.200. The average molecular weight is 372 g/mol. The highest BCUT2D eigenvalue weighted by Gasteiger charge is 2.12. The van der Waals surface area contributed by atoms with E-state index in [1.807, 2.05) is 31.4 Å². The zero-order valence-corrected chi connectivity index (χ0v) is 15.1. The summed E-state index contributed by atoms with van der Waals surface area (Å²) < 4.78 is 14.8. The van der Waals surface area contributed by atoms with Crippen molar-refractivity contribution in [3.8, 4) is 11.3 Å². The number of nitrogens with one attached hydrogen (secondary N) is 1. The number of carbonyl (C=O) groups is 1. The molecule has 1 N–H and O–H groups in total. The molecule has 0 saturated carbocycles. The maximum absolute atomic E-state index is 13.1. The van der Waals surface area contributed by atoms with Crippen molar-refractivity contribution < 1.29 is 9.18 Å². The summed E-state index contributed by atoms with van der Waals surface area (Å²) in [5.74, 6) is -0.344. The molecular weight excluding hydrogens is 353 g/mol. The number of benzene rings is 2. The van der Waals surface area contributed by atoms with Crippen LogP contribution in [-0.2, 0) is 24.8 Å². The van der Waals surface area contributed by atoms with Crippen LogP contribution in [0.25, 0.3) is 11.3 Å². The van der Waals surface area contributed by atoms with Crippen LogP contribution in [0.15, 0.2) is 54.7 Å². The maximum atomic E-state index is 13.1. The van der Waals surface area contributed by atoms with Gasteiger partial charge >= 0.3 is 0 Å². The molecule has 26 heavy (non-hydrogen) atoms. The van der Waals surface area contributed by atoms with E-state index in [1.54, 1.807) is 22.9 Å². The lowest BCUT2D eigenvalue weighted by Gasteiger charge is -2.07. The van der Waals surface area contributed by atoms with Crippen LogP contribution < -0.4 is 5.32 Å². The molecule has 2 aromatic carbocycles. The highest BCUT2D eigenvalue weighted by atomic mass is 35.5. The minimum absolute atomic E-state index is 0.0566. The van der Waals surface area contributed by atoms with Gasteiger partial charge in [-0.05, 0) is 47.9 Å². The fourth-order valence-electron chi connectivity index (χ4n) is 2.74. The van der Waals surface area contributed by atoms with Gasteiger partial charge in [0.1, 0.15) is 5.82 Å². The lowest BCUT2D eigenvalue weighted by atomic mass is 10.0. The largest absolute Gasteiger partial charge is 0.352 e. The van der Waals surface area contributed by atoms with Crippen LogP contribution in [0.2, 0.25) is 5.02 Å². The molecule has 3 aromatic rings. The van der Waals surface area contributed by atoms with Gasteiger partial charge in [0, 0.05) is 36.8 Å². The third kappa shape index (κ3) is 4.49. The van der Waals surface area contributed by atoms with E-state index in [1.165, 1.54) is 12.1 Å². The monoisotopic (exact) mass is 371 g/mol. The predicted octanol–water partition coefficient (Wildman–Crippen LogP) is 4.13. The first kappa shape index (κ1) is 18.1. The molecule has 0 fully saturated rings. The molecule has 0 saturated heterocycles. The number of nitrogens with zero attached hydrogens (tertiary/aromatic N) is 2. The summed E-state index contributed by atoms with van der Waals surface area (Å²) >= 11 is 6.09. The molecule has 0 aliphatic heterocycles. The van der Waals surface area contributed by atoms with Gasteiger partial charge < -0.3 is 5.32 Å². The number of aryl methyl sites for hydroxylation is 2. The molecule has 0 aliphatic rings. The van der Waals surface area contributed by atoms with Gasteiger partial charge in [0.2, 0.25) is 5.91 Å².